The Kier molecular flexibility index (Phi) is 2.94. The van der Waals surface area contributed by atoms with Crippen molar-refractivity contribution in [3.63, 3.8) is 0 Å². The van der Waals surface area contributed by atoms with Crippen molar-refractivity contribution in [1.29, 1.82) is 0 Å². The van der Waals surface area contributed by atoms with Crippen LogP contribution < -0.4 is 5.43 Å². The van der Waals surface area contributed by atoms with E-state index in [1.54, 1.807) is 12.1 Å². The molecule has 1 aliphatic rings. The number of hydrogen-bond acceptors (Lipinski definition) is 6. The number of carbonyl (C=O) groups excluding carboxylic acids is 1. The van der Waals surface area contributed by atoms with E-state index in [9.17, 15) is 18.0 Å². The fourth-order valence-corrected chi connectivity index (χ4v) is 3.86. The molecule has 0 saturated carbocycles. The van der Waals surface area contributed by atoms with Crippen LogP contribution in [0.3, 0.4) is 0 Å². The van der Waals surface area contributed by atoms with Gasteiger partial charge in [-0.2, -0.15) is 0 Å². The standard InChI is InChI=1S/C14H10O6S/c1-19-14(16)11-6-10(15)9-7-21(17,18)12-5-3-2-4-8(12)13(9)20-11/h2-6H,7H2,1H3. The first-order chi connectivity index (χ1) is 9.94. The van der Waals surface area contributed by atoms with Gasteiger partial charge in [-0.1, -0.05) is 12.1 Å². The molecule has 1 aromatic carbocycles. The van der Waals surface area contributed by atoms with Crippen molar-refractivity contribution in [2.24, 2.45) is 0 Å². The van der Waals surface area contributed by atoms with E-state index >= 15 is 0 Å². The van der Waals surface area contributed by atoms with Crippen LogP contribution in [0.4, 0.5) is 0 Å². The molecule has 1 aromatic heterocycles. The summed E-state index contributed by atoms with van der Waals surface area (Å²) in [5.74, 6) is -1.38. The number of carbonyl (C=O) groups is 1. The Balaban J connectivity index is 2.37. The number of rotatable bonds is 1. The Morgan fingerprint density at radius 3 is 2.71 bits per heavy atom. The van der Waals surface area contributed by atoms with E-state index < -0.39 is 27.0 Å². The molecule has 0 saturated heterocycles. The number of hydrogen-bond donors (Lipinski definition) is 0. The van der Waals surface area contributed by atoms with Gasteiger partial charge in [0.25, 0.3) is 0 Å². The van der Waals surface area contributed by atoms with Crippen molar-refractivity contribution in [2.45, 2.75) is 10.6 Å². The molecule has 0 atom stereocenters. The molecule has 0 unspecified atom stereocenters. The van der Waals surface area contributed by atoms with E-state index in [1.807, 2.05) is 0 Å². The molecule has 2 heterocycles. The molecule has 7 heteroatoms. The fraction of sp³-hybridized carbons (Fsp3) is 0.143. The van der Waals surface area contributed by atoms with Gasteiger partial charge in [-0.3, -0.25) is 4.79 Å². The highest BCUT2D eigenvalue weighted by Crippen LogP contribution is 2.36. The van der Waals surface area contributed by atoms with Gasteiger partial charge < -0.3 is 9.15 Å². The third kappa shape index (κ3) is 2.06. The van der Waals surface area contributed by atoms with E-state index in [1.165, 1.54) is 19.2 Å². The van der Waals surface area contributed by atoms with Gasteiger partial charge in [0, 0.05) is 11.6 Å². The van der Waals surface area contributed by atoms with Gasteiger partial charge in [0.1, 0.15) is 5.76 Å². The van der Waals surface area contributed by atoms with Crippen molar-refractivity contribution < 1.29 is 22.4 Å². The van der Waals surface area contributed by atoms with Crippen molar-refractivity contribution in [3.05, 3.63) is 51.9 Å². The van der Waals surface area contributed by atoms with Gasteiger partial charge in [-0.05, 0) is 12.1 Å². The SMILES string of the molecule is COC(=O)c1cc(=O)c2c(o1)-c1ccccc1S(=O)(=O)C2. The van der Waals surface area contributed by atoms with Crippen LogP contribution in [-0.2, 0) is 20.3 Å². The lowest BCUT2D eigenvalue weighted by molar-refractivity contribution is 0.0563. The average Bonchev–Trinajstić information content (AvgIpc) is 2.47. The number of methoxy groups -OCH3 is 1. The molecule has 0 fully saturated rings. The zero-order valence-electron chi connectivity index (χ0n) is 11.0. The Hall–Kier alpha value is -2.41. The van der Waals surface area contributed by atoms with Crippen LogP contribution in [-0.4, -0.2) is 21.5 Å². The van der Waals surface area contributed by atoms with Crippen molar-refractivity contribution in [3.8, 4) is 11.3 Å². The summed E-state index contributed by atoms with van der Waals surface area (Å²) in [7, 11) is -2.43. The summed E-state index contributed by atoms with van der Waals surface area (Å²) < 4.78 is 34.3. The Bertz CT molecular complexity index is 907. The quantitative estimate of drug-likeness (QED) is 0.739. The van der Waals surface area contributed by atoms with E-state index in [4.69, 9.17) is 4.42 Å². The second kappa shape index (κ2) is 4.56. The maximum absolute atomic E-state index is 12.2. The number of ether oxygens (including phenoxy) is 1. The molecule has 0 bridgehead atoms. The zero-order chi connectivity index (χ0) is 15.2. The van der Waals surface area contributed by atoms with E-state index in [0.717, 1.165) is 6.07 Å². The monoisotopic (exact) mass is 306 g/mol. The molecule has 0 amide bonds. The van der Waals surface area contributed by atoms with Gasteiger partial charge in [0.15, 0.2) is 15.3 Å². The van der Waals surface area contributed by atoms with Gasteiger partial charge >= 0.3 is 5.97 Å². The Labute approximate surface area is 119 Å². The topological polar surface area (TPSA) is 90.7 Å². The summed E-state index contributed by atoms with van der Waals surface area (Å²) >= 11 is 0. The van der Waals surface area contributed by atoms with Crippen LogP contribution in [0.15, 0.2) is 44.4 Å². The molecule has 21 heavy (non-hydrogen) atoms. The minimum Gasteiger partial charge on any atom is -0.463 e. The summed E-state index contributed by atoms with van der Waals surface area (Å²) in [6.45, 7) is 0. The van der Waals surface area contributed by atoms with Gasteiger partial charge in [0.05, 0.1) is 23.3 Å². The second-order valence-electron chi connectivity index (χ2n) is 4.53. The van der Waals surface area contributed by atoms with E-state index in [2.05, 4.69) is 4.74 Å². The van der Waals surface area contributed by atoms with Crippen molar-refractivity contribution in [2.75, 3.05) is 7.11 Å². The summed E-state index contributed by atoms with van der Waals surface area (Å²) in [4.78, 5) is 23.7. The third-order valence-corrected chi connectivity index (χ3v) is 4.93. The molecule has 3 rings (SSSR count). The summed E-state index contributed by atoms with van der Waals surface area (Å²) in [5, 5.41) is 0. The van der Waals surface area contributed by atoms with E-state index in [0.29, 0.717) is 0 Å². The highest BCUT2D eigenvalue weighted by atomic mass is 32.2. The summed E-state index contributed by atoms with van der Waals surface area (Å²) in [6, 6.07) is 7.15. The lowest BCUT2D eigenvalue weighted by atomic mass is 10.1. The minimum absolute atomic E-state index is 0.0290. The van der Waals surface area contributed by atoms with Gasteiger partial charge in [0.2, 0.25) is 5.76 Å². The smallest absolute Gasteiger partial charge is 0.374 e. The Morgan fingerprint density at radius 1 is 1.29 bits per heavy atom. The second-order valence-corrected chi connectivity index (χ2v) is 6.49. The zero-order valence-corrected chi connectivity index (χ0v) is 11.8. The Morgan fingerprint density at radius 2 is 2.00 bits per heavy atom. The highest BCUT2D eigenvalue weighted by molar-refractivity contribution is 7.90. The van der Waals surface area contributed by atoms with Crippen LogP contribution in [0.1, 0.15) is 16.1 Å². The molecular formula is C14H10O6S. The fourth-order valence-electron chi connectivity index (χ4n) is 2.27. The molecule has 0 spiro atoms. The molecule has 2 aromatic rings. The molecule has 108 valence electrons. The first kappa shape index (κ1) is 13.6. The predicted molar refractivity (Wildman–Crippen MR) is 72.6 cm³/mol. The van der Waals surface area contributed by atoms with Crippen LogP contribution >= 0.6 is 0 Å². The maximum Gasteiger partial charge on any atom is 0.374 e. The molecule has 0 radical (unpaired) electrons. The number of benzene rings is 1. The minimum atomic E-state index is -3.59. The highest BCUT2D eigenvalue weighted by Gasteiger charge is 2.32. The molecule has 0 N–H and O–H groups in total. The normalized spacial score (nSPS) is 14.9. The third-order valence-electron chi connectivity index (χ3n) is 3.23. The van der Waals surface area contributed by atoms with Gasteiger partial charge in [-0.15, -0.1) is 0 Å². The van der Waals surface area contributed by atoms with Crippen LogP contribution in [0, 0.1) is 0 Å². The molecule has 1 aliphatic heterocycles. The van der Waals surface area contributed by atoms with Crippen molar-refractivity contribution >= 4 is 15.8 Å². The van der Waals surface area contributed by atoms with E-state index in [-0.39, 0.29) is 27.5 Å². The number of fused-ring (bicyclic) bond motifs is 3. The number of sulfone groups is 1. The molecule has 6 nitrogen and oxygen atoms in total. The lowest BCUT2D eigenvalue weighted by Gasteiger charge is -2.18. The average molecular weight is 306 g/mol. The van der Waals surface area contributed by atoms with Crippen LogP contribution in [0.25, 0.3) is 11.3 Å². The number of esters is 1. The van der Waals surface area contributed by atoms with Crippen LogP contribution in [0.2, 0.25) is 0 Å². The molecule has 0 aliphatic carbocycles. The maximum atomic E-state index is 12.2. The predicted octanol–water partition coefficient (Wildman–Crippen LogP) is 1.38. The molecular weight excluding hydrogens is 296 g/mol. The first-order valence-corrected chi connectivity index (χ1v) is 7.67. The van der Waals surface area contributed by atoms with Gasteiger partial charge in [-0.25, -0.2) is 13.2 Å². The van der Waals surface area contributed by atoms with Crippen molar-refractivity contribution in [1.82, 2.24) is 0 Å². The first-order valence-electron chi connectivity index (χ1n) is 6.01. The summed E-state index contributed by atoms with van der Waals surface area (Å²) in [5.41, 5.74) is -0.252. The van der Waals surface area contributed by atoms with Crippen LogP contribution in [0.5, 0.6) is 0 Å². The largest absolute Gasteiger partial charge is 0.463 e. The lowest BCUT2D eigenvalue weighted by Crippen LogP contribution is -2.22. The summed E-state index contributed by atoms with van der Waals surface area (Å²) in [6.07, 6.45) is 0.